The molecule has 3 aliphatic heterocycles. The third-order valence-electron chi connectivity index (χ3n) is 10.6. The van der Waals surface area contributed by atoms with Gasteiger partial charge >= 0.3 is 6.18 Å². The molecule has 4 aliphatic rings. The highest BCUT2D eigenvalue weighted by Crippen LogP contribution is 2.48. The van der Waals surface area contributed by atoms with E-state index in [0.29, 0.717) is 77.7 Å². The summed E-state index contributed by atoms with van der Waals surface area (Å²) in [5, 5.41) is 15.3. The predicted molar refractivity (Wildman–Crippen MR) is 172 cm³/mol. The molecule has 0 spiro atoms. The lowest BCUT2D eigenvalue weighted by atomic mass is 9.95. The van der Waals surface area contributed by atoms with Crippen LogP contribution in [0.3, 0.4) is 0 Å². The third-order valence-corrected chi connectivity index (χ3v) is 10.6. The number of alkyl halides is 3. The number of nitrogens with zero attached hydrogens (tertiary/aromatic N) is 6. The van der Waals surface area contributed by atoms with E-state index >= 15 is 0 Å². The smallest absolute Gasteiger partial charge is 0.391 e. The molecule has 3 saturated heterocycles. The van der Waals surface area contributed by atoms with E-state index in [2.05, 4.69) is 26.0 Å². The molecular weight excluding hydrogens is 626 g/mol. The summed E-state index contributed by atoms with van der Waals surface area (Å²) in [4.78, 5) is 18.9. The van der Waals surface area contributed by atoms with E-state index in [4.69, 9.17) is 21.1 Å². The number of piperidine rings is 1. The number of phenols is 1. The molecule has 2 atom stereocenters. The molecule has 2 aromatic carbocycles. The number of hydrogen-bond acceptors (Lipinski definition) is 8. The highest BCUT2D eigenvalue weighted by atomic mass is 19.4. The molecule has 5 heterocycles. The van der Waals surface area contributed by atoms with Gasteiger partial charge in [0.15, 0.2) is 11.2 Å². The zero-order valence-corrected chi connectivity index (χ0v) is 26.4. The SMILES string of the molecule is C#Cc1c(F)ccc2cc(O)cc(Cn3cnc4c(OCC5(CN6CCC(C(F)(F)F)CC6)CC5)nc(N5C[C@H]6CC[C@@H](C5)N6)nc43)c12. The average molecular weight is 664 g/mol. The number of fused-ring (bicyclic) bond motifs is 4. The molecule has 2 aromatic heterocycles. The first kappa shape index (κ1) is 31.1. The normalized spacial score (nSPS) is 22.8. The Morgan fingerprint density at radius 3 is 2.50 bits per heavy atom. The number of aromatic hydroxyl groups is 1. The summed E-state index contributed by atoms with van der Waals surface area (Å²) < 4.78 is 62.8. The topological polar surface area (TPSA) is 91.6 Å². The van der Waals surface area contributed by atoms with Crippen molar-refractivity contribution < 1.29 is 27.4 Å². The summed E-state index contributed by atoms with van der Waals surface area (Å²) in [5.41, 5.74) is 1.61. The maximum absolute atomic E-state index is 14.8. The highest BCUT2D eigenvalue weighted by molar-refractivity contribution is 5.92. The van der Waals surface area contributed by atoms with Gasteiger partial charge in [-0.3, -0.25) is 0 Å². The Balaban J connectivity index is 1.10. The summed E-state index contributed by atoms with van der Waals surface area (Å²) in [6, 6.07) is 6.73. The van der Waals surface area contributed by atoms with Gasteiger partial charge < -0.3 is 29.5 Å². The van der Waals surface area contributed by atoms with Crippen LogP contribution in [0.15, 0.2) is 30.6 Å². The van der Waals surface area contributed by atoms with Crippen molar-refractivity contribution in [2.75, 3.05) is 44.2 Å². The van der Waals surface area contributed by atoms with Crippen molar-refractivity contribution >= 4 is 27.9 Å². The third kappa shape index (κ3) is 5.89. The largest absolute Gasteiger partial charge is 0.508 e. The Kier molecular flexibility index (Phi) is 7.64. The van der Waals surface area contributed by atoms with Crippen molar-refractivity contribution in [1.82, 2.24) is 29.7 Å². The van der Waals surface area contributed by atoms with Gasteiger partial charge in [0.25, 0.3) is 0 Å². The molecule has 13 heteroatoms. The number of aromatic nitrogens is 4. The number of nitrogens with one attached hydrogen (secondary N) is 1. The molecule has 48 heavy (non-hydrogen) atoms. The summed E-state index contributed by atoms with van der Waals surface area (Å²) in [6.45, 7) is 3.65. The number of phenolic OH excluding ortho intramolecular Hbond substituents is 1. The van der Waals surface area contributed by atoms with Crippen LogP contribution in [0.5, 0.6) is 11.6 Å². The number of rotatable bonds is 8. The van der Waals surface area contributed by atoms with Gasteiger partial charge in [0, 0.05) is 42.5 Å². The van der Waals surface area contributed by atoms with E-state index in [0.717, 1.165) is 38.8 Å². The van der Waals surface area contributed by atoms with E-state index in [1.807, 2.05) is 4.57 Å². The second kappa shape index (κ2) is 11.8. The zero-order valence-electron chi connectivity index (χ0n) is 26.4. The molecule has 0 amide bonds. The molecule has 1 aliphatic carbocycles. The van der Waals surface area contributed by atoms with Crippen LogP contribution in [0.1, 0.15) is 49.7 Å². The van der Waals surface area contributed by atoms with Crippen LogP contribution in [-0.4, -0.2) is 87.1 Å². The maximum Gasteiger partial charge on any atom is 0.391 e. The van der Waals surface area contributed by atoms with Crippen molar-refractivity contribution in [3.63, 3.8) is 0 Å². The van der Waals surface area contributed by atoms with E-state index in [9.17, 15) is 22.7 Å². The molecule has 2 N–H and O–H groups in total. The summed E-state index contributed by atoms with van der Waals surface area (Å²) in [5.74, 6) is 1.66. The number of ether oxygens (including phenoxy) is 1. The number of anilines is 1. The minimum atomic E-state index is -4.14. The van der Waals surface area contributed by atoms with Gasteiger partial charge in [-0.15, -0.1) is 6.42 Å². The molecule has 4 fully saturated rings. The van der Waals surface area contributed by atoms with Crippen LogP contribution in [0, 0.1) is 29.5 Å². The summed E-state index contributed by atoms with van der Waals surface area (Å²) in [7, 11) is 0. The van der Waals surface area contributed by atoms with Gasteiger partial charge in [-0.05, 0) is 80.8 Å². The minimum Gasteiger partial charge on any atom is -0.508 e. The molecule has 9 nitrogen and oxygen atoms in total. The van der Waals surface area contributed by atoms with Crippen molar-refractivity contribution in [3.8, 4) is 24.0 Å². The number of likely N-dealkylation sites (tertiary alicyclic amines) is 1. The lowest BCUT2D eigenvalue weighted by molar-refractivity contribution is -0.185. The first-order valence-electron chi connectivity index (χ1n) is 16.6. The highest BCUT2D eigenvalue weighted by Gasteiger charge is 2.47. The van der Waals surface area contributed by atoms with Crippen molar-refractivity contribution in [2.24, 2.45) is 11.3 Å². The Morgan fingerprint density at radius 2 is 1.81 bits per heavy atom. The van der Waals surface area contributed by atoms with Crippen molar-refractivity contribution in [2.45, 2.75) is 63.3 Å². The lowest BCUT2D eigenvalue weighted by Crippen LogP contribution is -2.51. The first-order chi connectivity index (χ1) is 23.1. The van der Waals surface area contributed by atoms with Gasteiger partial charge in [0.05, 0.1) is 31.0 Å². The van der Waals surface area contributed by atoms with Gasteiger partial charge in [0.1, 0.15) is 11.6 Å². The van der Waals surface area contributed by atoms with Gasteiger partial charge in [-0.2, -0.15) is 23.1 Å². The van der Waals surface area contributed by atoms with Crippen LogP contribution in [-0.2, 0) is 6.54 Å². The number of halogens is 4. The van der Waals surface area contributed by atoms with E-state index in [1.165, 1.54) is 6.07 Å². The zero-order chi connectivity index (χ0) is 33.2. The fourth-order valence-electron chi connectivity index (χ4n) is 7.83. The first-order valence-corrected chi connectivity index (χ1v) is 16.6. The number of terminal acetylenes is 1. The monoisotopic (exact) mass is 663 g/mol. The molecular formula is C35H37F4N7O2. The standard InChI is InChI=1S/C35H37F4N7O2/c1-2-27-28(36)6-3-21-13-26(47)14-22(29(21)27)15-46-20-40-30-31(46)42-33(45-16-24-4-5-25(17-45)41-24)43-32(30)48-19-34(9-10-34)18-44-11-7-23(8-12-44)35(37,38)39/h1,3,6,13-14,20,23-25,41,47H,4-5,7-12,15-19H2/t24-,25+. The Labute approximate surface area is 275 Å². The van der Waals surface area contributed by atoms with E-state index in [-0.39, 0.29) is 36.1 Å². The fourth-order valence-corrected chi connectivity index (χ4v) is 7.83. The van der Waals surface area contributed by atoms with Crippen LogP contribution in [0.4, 0.5) is 23.5 Å². The number of piperazine rings is 1. The second-order valence-corrected chi connectivity index (χ2v) is 14.1. The number of imidazole rings is 1. The number of hydrogen-bond donors (Lipinski definition) is 2. The van der Waals surface area contributed by atoms with Gasteiger partial charge in [0.2, 0.25) is 11.8 Å². The summed E-state index contributed by atoms with van der Waals surface area (Å²) >= 11 is 0. The van der Waals surface area contributed by atoms with E-state index in [1.54, 1.807) is 24.5 Å². The van der Waals surface area contributed by atoms with Crippen LogP contribution in [0.25, 0.3) is 21.9 Å². The van der Waals surface area contributed by atoms with Crippen LogP contribution >= 0.6 is 0 Å². The lowest BCUT2D eigenvalue weighted by Gasteiger charge is -2.35. The predicted octanol–water partition coefficient (Wildman–Crippen LogP) is 5.23. The quantitative estimate of drug-likeness (QED) is 0.196. The Bertz CT molecular complexity index is 1900. The molecule has 0 unspecified atom stereocenters. The van der Waals surface area contributed by atoms with Crippen LogP contribution in [0.2, 0.25) is 0 Å². The van der Waals surface area contributed by atoms with Gasteiger partial charge in [-0.1, -0.05) is 12.0 Å². The van der Waals surface area contributed by atoms with Crippen LogP contribution < -0.4 is 15.0 Å². The van der Waals surface area contributed by atoms with Crippen molar-refractivity contribution in [1.29, 1.82) is 0 Å². The molecule has 252 valence electrons. The molecule has 4 aromatic rings. The molecule has 0 radical (unpaired) electrons. The minimum absolute atomic E-state index is 0.0319. The summed E-state index contributed by atoms with van der Waals surface area (Å²) in [6.07, 6.45) is 7.53. The van der Waals surface area contributed by atoms with E-state index < -0.39 is 17.9 Å². The number of benzene rings is 2. The second-order valence-electron chi connectivity index (χ2n) is 14.1. The average Bonchev–Trinajstić information content (AvgIpc) is 3.58. The Hall–Kier alpha value is -4.15. The van der Waals surface area contributed by atoms with Crippen molar-refractivity contribution in [3.05, 3.63) is 47.5 Å². The Morgan fingerprint density at radius 1 is 1.06 bits per heavy atom. The molecule has 1 saturated carbocycles. The fraction of sp³-hybridized carbons (Fsp3) is 0.514. The molecule has 2 bridgehead atoms. The molecule has 8 rings (SSSR count). The maximum atomic E-state index is 14.8. The van der Waals surface area contributed by atoms with Gasteiger partial charge in [-0.25, -0.2) is 9.37 Å².